The molecule has 0 aromatic carbocycles. The monoisotopic (exact) mass is 1030 g/mol. The van der Waals surface area contributed by atoms with Gasteiger partial charge >= 0.3 is 0 Å². The molecule has 0 atom stereocenters. The molecule has 3 nitrogen and oxygen atoms in total. The molecule has 0 spiro atoms. The van der Waals surface area contributed by atoms with E-state index in [1.165, 1.54) is 0 Å². The van der Waals surface area contributed by atoms with Crippen LogP contribution in [0.15, 0.2) is 72.1 Å². The quantitative estimate of drug-likeness (QED) is 0.288. The zero-order valence-corrected chi connectivity index (χ0v) is 27.4. The van der Waals surface area contributed by atoms with Gasteiger partial charge in [-0.15, -0.1) is 38.6 Å². The molecule has 0 saturated carbocycles. The number of allylic oxidation sites excluding steroid dienone is 5. The summed E-state index contributed by atoms with van der Waals surface area (Å²) >= 11 is 0. The zero-order chi connectivity index (χ0) is 19.6. The molecule has 0 unspecified atom stereocenters. The summed E-state index contributed by atoms with van der Waals surface area (Å²) in [5.41, 5.74) is 3.06. The third-order valence-electron chi connectivity index (χ3n) is 3.18. The number of pyridine rings is 2. The molecule has 0 fully saturated rings. The fourth-order valence-corrected chi connectivity index (χ4v) is 2.01. The Morgan fingerprint density at radius 3 is 1.36 bits per heavy atom. The maximum Gasteiger partial charge on any atom is 0.00534 e. The Labute approximate surface area is 266 Å². The summed E-state index contributed by atoms with van der Waals surface area (Å²) in [7, 11) is 0. The van der Waals surface area contributed by atoms with Crippen molar-refractivity contribution in [1.29, 1.82) is 0 Å². The first kappa shape index (κ1) is 59.8. The van der Waals surface area contributed by atoms with Gasteiger partial charge < -0.3 is 37.2 Å². The van der Waals surface area contributed by atoms with Crippen LogP contribution >= 0.6 is 0 Å². The third-order valence-corrected chi connectivity index (χ3v) is 3.18. The average molecular weight is 1030 g/mol. The summed E-state index contributed by atoms with van der Waals surface area (Å²) in [4.78, 5) is 12.2. The maximum absolute atomic E-state index is 4.14. The van der Waals surface area contributed by atoms with Crippen LogP contribution in [0.3, 0.4) is 0 Å². The molecule has 36 heavy (non-hydrogen) atoms. The van der Waals surface area contributed by atoms with Crippen molar-refractivity contribution in [2.45, 2.75) is 55.9 Å². The van der Waals surface area contributed by atoms with Crippen LogP contribution in [0.5, 0.6) is 0 Å². The predicted molar refractivity (Wildman–Crippen MR) is 154 cm³/mol. The van der Waals surface area contributed by atoms with Crippen molar-refractivity contribution in [1.82, 2.24) is 9.97 Å². The van der Waals surface area contributed by atoms with Crippen molar-refractivity contribution < 1.29 is 60.3 Å². The summed E-state index contributed by atoms with van der Waals surface area (Å²) in [6.07, 6.45) is 24.0. The van der Waals surface area contributed by atoms with E-state index in [0.717, 1.165) is 29.9 Å². The molecule has 0 saturated heterocycles. The van der Waals surface area contributed by atoms with E-state index in [-0.39, 0.29) is 105 Å². The topological polar surface area (TPSA) is 38.1 Å². The van der Waals surface area contributed by atoms with E-state index in [4.69, 9.17) is 0 Å². The van der Waals surface area contributed by atoms with E-state index in [2.05, 4.69) is 39.3 Å². The maximum atomic E-state index is 4.14. The summed E-state index contributed by atoms with van der Waals surface area (Å²) < 4.78 is 0. The zero-order valence-electron chi connectivity index (χ0n) is 20.3. The molecule has 0 amide bonds. The third kappa shape index (κ3) is 32.9. The van der Waals surface area contributed by atoms with Gasteiger partial charge in [-0.1, -0.05) is 58.3 Å². The first-order valence-electron chi connectivity index (χ1n) is 8.85. The number of aromatic nitrogens is 2. The van der Waals surface area contributed by atoms with Crippen LogP contribution in [0.2, 0.25) is 0 Å². The Balaban J connectivity index is -0.0000000386. The number of hydrogen-bond acceptors (Lipinski definition) is 3. The molecule has 3 rings (SSSR count). The van der Waals surface area contributed by atoms with Crippen LogP contribution in [0.1, 0.15) is 67.3 Å². The fourth-order valence-electron chi connectivity index (χ4n) is 2.01. The van der Waals surface area contributed by atoms with Gasteiger partial charge in [-0.25, -0.2) is 18.2 Å². The van der Waals surface area contributed by atoms with Gasteiger partial charge in [0.2, 0.25) is 0 Å². The number of hydrogen-bond donors (Lipinski definition) is 0. The van der Waals surface area contributed by atoms with E-state index in [0.29, 0.717) is 0 Å². The van der Waals surface area contributed by atoms with Gasteiger partial charge in [0.25, 0.3) is 0 Å². The number of rotatable bonds is 3. The van der Waals surface area contributed by atoms with Gasteiger partial charge in [0.05, 0.1) is 0 Å². The Morgan fingerprint density at radius 1 is 0.667 bits per heavy atom. The second-order valence-electron chi connectivity index (χ2n) is 5.35. The van der Waals surface area contributed by atoms with Gasteiger partial charge in [-0.3, -0.25) is 18.2 Å². The van der Waals surface area contributed by atoms with Crippen LogP contribution in [0.4, 0.5) is 0 Å². The molecule has 1 aliphatic rings. The molecule has 2 aromatic heterocycles. The molecule has 215 valence electrons. The average Bonchev–Trinajstić information content (AvgIpc) is 2.72. The van der Waals surface area contributed by atoms with E-state index in [1.807, 2.05) is 81.6 Å². The van der Waals surface area contributed by atoms with Crippen molar-refractivity contribution >= 4 is 17.9 Å². The Hall–Kier alpha value is -1.12. The van der Waals surface area contributed by atoms with E-state index < -0.39 is 0 Å². The van der Waals surface area contributed by atoms with Crippen LogP contribution in [0.25, 0.3) is 12.2 Å². The molecule has 1 aliphatic heterocycles. The van der Waals surface area contributed by atoms with Crippen LogP contribution < -0.4 is 0 Å². The van der Waals surface area contributed by atoms with Gasteiger partial charge in [0.15, 0.2) is 0 Å². The van der Waals surface area contributed by atoms with Crippen molar-refractivity contribution in [3.05, 3.63) is 119 Å². The standard InChI is InChI=1S/C8H10N.2C8H8N.3CH4.3CH3.3Ir/c3*1-2-5-8-6-3-4-7-9-8;;;;;;;;;/h4-5,7H,3,6H2,1H3;2*3-7H,1H3;3*1H4;3*1H3;;;/q3*-1;;;;3*-1;;;. The Morgan fingerprint density at radius 2 is 1.08 bits per heavy atom. The normalized spacial score (nSPS) is 9.81. The van der Waals surface area contributed by atoms with E-state index >= 15 is 0 Å². The van der Waals surface area contributed by atoms with Crippen LogP contribution in [-0.2, 0) is 60.3 Å². The molecule has 2 aromatic rings. The van der Waals surface area contributed by atoms with Crippen molar-refractivity contribution in [3.63, 3.8) is 0 Å². The molecule has 0 N–H and O–H groups in total. The second-order valence-corrected chi connectivity index (χ2v) is 5.35. The molecule has 6 heteroatoms. The Bertz CT molecular complexity index is 723. The largest absolute Gasteiger partial charge is 0.358 e. The summed E-state index contributed by atoms with van der Waals surface area (Å²) in [6, 6.07) is 11.6. The van der Waals surface area contributed by atoms with Gasteiger partial charge in [-0.2, -0.15) is 0 Å². The summed E-state index contributed by atoms with van der Waals surface area (Å²) in [6.45, 7) is 5.60. The first-order valence-corrected chi connectivity index (χ1v) is 8.85. The molecular formula is C30H47Ir3N3-6. The number of aliphatic imine (C=N–C) groups is 1. The van der Waals surface area contributed by atoms with E-state index in [1.54, 1.807) is 12.4 Å². The van der Waals surface area contributed by atoms with Crippen LogP contribution in [-0.4, -0.2) is 15.7 Å². The second kappa shape index (κ2) is 43.9. The minimum Gasteiger partial charge on any atom is -0.358 e. The molecule has 3 heterocycles. The molecule has 0 aliphatic carbocycles. The predicted octanol–water partition coefficient (Wildman–Crippen LogP) is 9.20. The van der Waals surface area contributed by atoms with E-state index in [9.17, 15) is 0 Å². The molecule has 3 radical (unpaired) electrons. The molecular weight excluding hydrogens is 979 g/mol. The van der Waals surface area contributed by atoms with Gasteiger partial charge in [0, 0.05) is 78.9 Å². The van der Waals surface area contributed by atoms with Crippen molar-refractivity contribution in [2.24, 2.45) is 4.99 Å². The number of nitrogens with zero attached hydrogens (tertiary/aromatic N) is 3. The fraction of sp³-hybridized carbons (Fsp3) is 0.267. The Kier molecular flexibility index (Phi) is 72.9. The van der Waals surface area contributed by atoms with Crippen molar-refractivity contribution in [2.75, 3.05) is 0 Å². The van der Waals surface area contributed by atoms with Crippen molar-refractivity contribution in [3.8, 4) is 0 Å². The summed E-state index contributed by atoms with van der Waals surface area (Å²) in [5.74, 6) is 0. The summed E-state index contributed by atoms with van der Waals surface area (Å²) in [5, 5.41) is 0. The van der Waals surface area contributed by atoms with Gasteiger partial charge in [0.1, 0.15) is 0 Å². The van der Waals surface area contributed by atoms with Gasteiger partial charge in [-0.05, 0) is 18.6 Å². The first-order chi connectivity index (χ1) is 13.3. The minimum atomic E-state index is 0. The minimum absolute atomic E-state index is 0. The SMILES string of the molecule is C.C.C.C[C-]=CC1=NC=CCC1.C[C-]=Cc1ccccn1.C[C-]=Cc1ccccn1.[CH3-].[CH3-].[CH3-].[Ir].[Ir].[Ir]. The molecule has 0 bridgehead atoms. The smallest absolute Gasteiger partial charge is 0.00534 e. The van der Waals surface area contributed by atoms with Crippen LogP contribution in [0, 0.1) is 40.5 Å².